The van der Waals surface area contributed by atoms with Gasteiger partial charge in [-0.2, -0.15) is 0 Å². The number of benzene rings is 1. The van der Waals surface area contributed by atoms with Crippen molar-refractivity contribution in [3.8, 4) is 0 Å². The van der Waals surface area contributed by atoms with Gasteiger partial charge in [0, 0.05) is 28.7 Å². The fourth-order valence-corrected chi connectivity index (χ4v) is 3.37. The number of halogens is 2. The normalized spacial score (nSPS) is 16.3. The smallest absolute Gasteiger partial charge is 0.325 e. The van der Waals surface area contributed by atoms with Crippen LogP contribution in [0.1, 0.15) is 23.0 Å². The second-order valence-corrected chi connectivity index (χ2v) is 6.36. The molecule has 0 spiro atoms. The fourth-order valence-electron chi connectivity index (χ4n) is 2.86. The van der Waals surface area contributed by atoms with E-state index in [2.05, 4.69) is 20.0 Å². The van der Waals surface area contributed by atoms with Gasteiger partial charge in [-0.3, -0.25) is 4.79 Å². The molecule has 132 valence electrons. The number of methoxy groups -OCH3 is 1. The molecular weight excluding hydrogens is 367 g/mol. The topological polar surface area (TPSA) is 87.3 Å². The number of nitrogens with zero attached hydrogens (tertiary/aromatic N) is 2. The van der Waals surface area contributed by atoms with Crippen LogP contribution in [-0.4, -0.2) is 47.1 Å². The van der Waals surface area contributed by atoms with E-state index < -0.39 is 18.0 Å². The van der Waals surface area contributed by atoms with Crippen LogP contribution >= 0.6 is 23.2 Å². The molecule has 0 radical (unpaired) electrons. The molecule has 0 saturated carbocycles. The number of fused-ring (bicyclic) bond motifs is 1. The zero-order valence-electron chi connectivity index (χ0n) is 13.4. The summed E-state index contributed by atoms with van der Waals surface area (Å²) in [6, 6.07) is 4.25. The van der Waals surface area contributed by atoms with Crippen LogP contribution in [0.2, 0.25) is 10.0 Å². The van der Waals surface area contributed by atoms with Crippen LogP contribution in [0.15, 0.2) is 24.5 Å². The monoisotopic (exact) mass is 382 g/mol. The third-order valence-corrected chi connectivity index (χ3v) is 4.62. The molecule has 1 unspecified atom stereocenters. The molecule has 2 aromatic rings. The Labute approximate surface area is 154 Å². The van der Waals surface area contributed by atoms with Gasteiger partial charge in [-0.1, -0.05) is 29.3 Å². The number of ether oxygens (including phenoxy) is 1. The zero-order valence-corrected chi connectivity index (χ0v) is 14.9. The van der Waals surface area contributed by atoms with E-state index in [4.69, 9.17) is 23.2 Å². The molecule has 1 aromatic carbocycles. The van der Waals surface area contributed by atoms with Crippen LogP contribution in [0.25, 0.3) is 0 Å². The number of aromatic amines is 1. The van der Waals surface area contributed by atoms with E-state index in [9.17, 15) is 9.59 Å². The Morgan fingerprint density at radius 1 is 1.44 bits per heavy atom. The summed E-state index contributed by atoms with van der Waals surface area (Å²) in [7, 11) is 1.27. The van der Waals surface area contributed by atoms with Crippen molar-refractivity contribution in [2.45, 2.75) is 12.5 Å². The van der Waals surface area contributed by atoms with Crippen molar-refractivity contribution in [3.05, 3.63) is 51.5 Å². The summed E-state index contributed by atoms with van der Waals surface area (Å²) < 4.78 is 4.55. The van der Waals surface area contributed by atoms with Crippen molar-refractivity contribution in [1.29, 1.82) is 0 Å². The van der Waals surface area contributed by atoms with Gasteiger partial charge in [0.15, 0.2) is 0 Å². The number of nitrogens with one attached hydrogen (secondary N) is 2. The predicted molar refractivity (Wildman–Crippen MR) is 92.7 cm³/mol. The van der Waals surface area contributed by atoms with Crippen molar-refractivity contribution in [2.75, 3.05) is 20.2 Å². The number of esters is 1. The molecule has 1 aliphatic heterocycles. The minimum Gasteiger partial charge on any atom is -0.468 e. The van der Waals surface area contributed by atoms with Crippen LogP contribution in [0.3, 0.4) is 0 Å². The quantitative estimate of drug-likeness (QED) is 0.798. The zero-order chi connectivity index (χ0) is 18.0. The van der Waals surface area contributed by atoms with Gasteiger partial charge in [0.05, 0.1) is 19.1 Å². The Morgan fingerprint density at radius 2 is 2.24 bits per heavy atom. The van der Waals surface area contributed by atoms with Crippen LogP contribution in [-0.2, 0) is 16.0 Å². The molecular formula is C16H16Cl2N4O3. The lowest BCUT2D eigenvalue weighted by atomic mass is 9.96. The van der Waals surface area contributed by atoms with E-state index >= 15 is 0 Å². The summed E-state index contributed by atoms with van der Waals surface area (Å²) in [6.07, 6.45) is 2.22. The fraction of sp³-hybridized carbons (Fsp3) is 0.312. The number of imidazole rings is 1. The molecule has 2 heterocycles. The first-order valence-corrected chi connectivity index (χ1v) is 8.35. The molecule has 2 N–H and O–H groups in total. The molecule has 0 fully saturated rings. The van der Waals surface area contributed by atoms with Gasteiger partial charge >= 0.3 is 12.0 Å². The maximum absolute atomic E-state index is 12.6. The van der Waals surface area contributed by atoms with Gasteiger partial charge in [-0.05, 0) is 17.7 Å². The number of hydrogen-bond donors (Lipinski definition) is 2. The molecule has 9 heteroatoms. The van der Waals surface area contributed by atoms with Crippen LogP contribution < -0.4 is 5.32 Å². The number of amides is 2. The van der Waals surface area contributed by atoms with Gasteiger partial charge < -0.3 is 19.9 Å². The minimum atomic E-state index is -0.521. The molecule has 1 aliphatic rings. The van der Waals surface area contributed by atoms with Crippen molar-refractivity contribution in [1.82, 2.24) is 20.2 Å². The number of rotatable bonds is 3. The first-order valence-electron chi connectivity index (χ1n) is 7.59. The molecule has 2 amide bonds. The number of carbonyl (C=O) groups excluding carboxylic acids is 2. The number of carbonyl (C=O) groups is 2. The summed E-state index contributed by atoms with van der Waals surface area (Å²) in [6.45, 7) is 0.242. The summed E-state index contributed by atoms with van der Waals surface area (Å²) >= 11 is 12.3. The largest absolute Gasteiger partial charge is 0.468 e. The summed E-state index contributed by atoms with van der Waals surface area (Å²) in [5.41, 5.74) is 2.39. The van der Waals surface area contributed by atoms with Crippen LogP contribution in [0.5, 0.6) is 0 Å². The lowest BCUT2D eigenvalue weighted by Gasteiger charge is -2.35. The highest BCUT2D eigenvalue weighted by atomic mass is 35.5. The van der Waals surface area contributed by atoms with E-state index in [1.54, 1.807) is 29.4 Å². The van der Waals surface area contributed by atoms with E-state index in [-0.39, 0.29) is 6.54 Å². The van der Waals surface area contributed by atoms with Gasteiger partial charge in [0.1, 0.15) is 12.6 Å². The van der Waals surface area contributed by atoms with Gasteiger partial charge in [0.25, 0.3) is 0 Å². The highest BCUT2D eigenvalue weighted by molar-refractivity contribution is 6.35. The van der Waals surface area contributed by atoms with Crippen LogP contribution in [0.4, 0.5) is 4.79 Å². The number of urea groups is 1. The Hall–Kier alpha value is -2.25. The average molecular weight is 383 g/mol. The highest BCUT2D eigenvalue weighted by Crippen LogP contribution is 2.37. The van der Waals surface area contributed by atoms with E-state index in [1.807, 2.05) is 0 Å². The summed E-state index contributed by atoms with van der Waals surface area (Å²) in [5, 5.41) is 3.51. The summed E-state index contributed by atoms with van der Waals surface area (Å²) in [5.74, 6) is -0.521. The van der Waals surface area contributed by atoms with E-state index in [1.165, 1.54) is 7.11 Å². The lowest BCUT2D eigenvalue weighted by molar-refractivity contribution is -0.139. The Morgan fingerprint density at radius 3 is 2.96 bits per heavy atom. The van der Waals surface area contributed by atoms with E-state index in [0.717, 1.165) is 11.4 Å². The van der Waals surface area contributed by atoms with Crippen molar-refractivity contribution >= 4 is 35.2 Å². The van der Waals surface area contributed by atoms with Crippen molar-refractivity contribution in [2.24, 2.45) is 0 Å². The first kappa shape index (κ1) is 17.6. The summed E-state index contributed by atoms with van der Waals surface area (Å²) in [4.78, 5) is 33.0. The third-order valence-electron chi connectivity index (χ3n) is 4.05. The third kappa shape index (κ3) is 3.57. The molecule has 0 aliphatic carbocycles. The Kier molecular flexibility index (Phi) is 5.15. The van der Waals surface area contributed by atoms with Gasteiger partial charge in [0.2, 0.25) is 0 Å². The second kappa shape index (κ2) is 7.33. The first-order chi connectivity index (χ1) is 12.0. The van der Waals surface area contributed by atoms with Gasteiger partial charge in [-0.15, -0.1) is 0 Å². The van der Waals surface area contributed by atoms with Crippen LogP contribution in [0, 0.1) is 0 Å². The van der Waals surface area contributed by atoms with Crippen molar-refractivity contribution < 1.29 is 14.3 Å². The molecule has 1 aromatic heterocycles. The standard InChI is InChI=1S/C16H16Cl2N4O3/c1-25-13(23)7-19-16(24)22-5-4-12-14(21-8-20-12)15(22)10-3-2-9(17)6-11(10)18/h2-3,6,8,15H,4-5,7H2,1H3,(H,19,24)(H,20,21). The Bertz CT molecular complexity index is 808. The average Bonchev–Trinajstić information content (AvgIpc) is 3.07. The van der Waals surface area contributed by atoms with Crippen molar-refractivity contribution in [3.63, 3.8) is 0 Å². The maximum atomic E-state index is 12.6. The number of H-pyrrole nitrogens is 1. The number of hydrogen-bond acceptors (Lipinski definition) is 4. The minimum absolute atomic E-state index is 0.208. The molecule has 0 saturated heterocycles. The number of aromatic nitrogens is 2. The highest BCUT2D eigenvalue weighted by Gasteiger charge is 2.35. The molecule has 7 nitrogen and oxygen atoms in total. The van der Waals surface area contributed by atoms with Gasteiger partial charge in [-0.25, -0.2) is 9.78 Å². The maximum Gasteiger partial charge on any atom is 0.325 e. The lowest BCUT2D eigenvalue weighted by Crippen LogP contribution is -2.47. The SMILES string of the molecule is COC(=O)CNC(=O)N1CCc2[nH]cnc2C1c1ccc(Cl)cc1Cl. The Balaban J connectivity index is 1.94. The second-order valence-electron chi connectivity index (χ2n) is 5.51. The van der Waals surface area contributed by atoms with E-state index in [0.29, 0.717) is 28.6 Å². The molecule has 25 heavy (non-hydrogen) atoms. The predicted octanol–water partition coefficient (Wildman–Crippen LogP) is 2.55. The molecule has 0 bridgehead atoms. The molecule has 1 atom stereocenters. The molecule has 3 rings (SSSR count).